The third kappa shape index (κ3) is 6.50. The van der Waals surface area contributed by atoms with Crippen LogP contribution in [0.3, 0.4) is 0 Å². The second-order valence-electron chi connectivity index (χ2n) is 7.72. The van der Waals surface area contributed by atoms with Crippen molar-refractivity contribution in [3.05, 3.63) is 35.6 Å². The number of hydrogen-bond acceptors (Lipinski definition) is 6. The van der Waals surface area contributed by atoms with Crippen molar-refractivity contribution >= 4 is 17.7 Å². The van der Waals surface area contributed by atoms with E-state index < -0.39 is 0 Å². The van der Waals surface area contributed by atoms with Crippen molar-refractivity contribution < 1.29 is 9.18 Å². The molecular weight excluding hydrogens is 391 g/mol. The number of aromatic nitrogens is 4. The molecule has 0 spiro atoms. The minimum absolute atomic E-state index is 0.0772. The first-order chi connectivity index (χ1) is 14.0. The molecule has 0 aliphatic heterocycles. The molecule has 0 unspecified atom stereocenters. The maximum absolute atomic E-state index is 13.3. The number of halogens is 1. The molecule has 0 radical (unpaired) electrons. The molecule has 0 atom stereocenters. The smallest absolute Gasteiger partial charge is 0.233 e. The summed E-state index contributed by atoms with van der Waals surface area (Å²) in [6, 6.07) is 6.66. The molecule has 29 heavy (non-hydrogen) atoms. The summed E-state index contributed by atoms with van der Waals surface area (Å²) in [7, 11) is 4.00. The Morgan fingerprint density at radius 2 is 1.93 bits per heavy atom. The number of carbonyl (C=O) groups is 1. The molecule has 1 saturated carbocycles. The molecular formula is C20H29FN6OS. The molecule has 7 nitrogen and oxygen atoms in total. The van der Waals surface area contributed by atoms with Crippen LogP contribution in [0.4, 0.5) is 4.39 Å². The highest BCUT2D eigenvalue weighted by atomic mass is 32.2. The van der Waals surface area contributed by atoms with Crippen LogP contribution in [0.15, 0.2) is 29.4 Å². The molecule has 1 aromatic heterocycles. The zero-order valence-corrected chi connectivity index (χ0v) is 17.9. The van der Waals surface area contributed by atoms with Crippen molar-refractivity contribution in [2.75, 3.05) is 26.4 Å². The number of nitrogens with zero attached hydrogens (tertiary/aromatic N) is 6. The van der Waals surface area contributed by atoms with Gasteiger partial charge in [-0.05, 0) is 55.1 Å². The minimum Gasteiger partial charge on any atom is -0.335 e. The van der Waals surface area contributed by atoms with Crippen molar-refractivity contribution in [3.63, 3.8) is 0 Å². The van der Waals surface area contributed by atoms with Gasteiger partial charge in [0.05, 0.1) is 12.3 Å². The van der Waals surface area contributed by atoms with Gasteiger partial charge in [0.15, 0.2) is 0 Å². The van der Waals surface area contributed by atoms with E-state index >= 15 is 0 Å². The Kier molecular flexibility index (Phi) is 8.00. The SMILES string of the molecule is CN(C)CCn1nnnc1SCC(=O)N(Cc1ccc(F)cc1)C1CCCCC1. The van der Waals surface area contributed by atoms with Gasteiger partial charge in [-0.25, -0.2) is 9.07 Å². The van der Waals surface area contributed by atoms with Crippen LogP contribution in [0.5, 0.6) is 0 Å². The van der Waals surface area contributed by atoms with Gasteiger partial charge in [-0.1, -0.05) is 43.2 Å². The molecule has 0 N–H and O–H groups in total. The Hall–Kier alpha value is -2.00. The van der Waals surface area contributed by atoms with E-state index in [1.54, 1.807) is 16.8 Å². The van der Waals surface area contributed by atoms with Gasteiger partial charge in [0.25, 0.3) is 0 Å². The van der Waals surface area contributed by atoms with Crippen molar-refractivity contribution in [1.82, 2.24) is 30.0 Å². The average molecular weight is 421 g/mol. The zero-order chi connectivity index (χ0) is 20.6. The highest BCUT2D eigenvalue weighted by Crippen LogP contribution is 2.26. The van der Waals surface area contributed by atoms with Crippen LogP contribution in [-0.2, 0) is 17.9 Å². The molecule has 1 aliphatic rings. The fraction of sp³-hybridized carbons (Fsp3) is 0.600. The lowest BCUT2D eigenvalue weighted by Crippen LogP contribution is -2.42. The minimum atomic E-state index is -0.260. The summed E-state index contributed by atoms with van der Waals surface area (Å²) in [6.45, 7) is 2.01. The van der Waals surface area contributed by atoms with Crippen molar-refractivity contribution in [2.45, 2.75) is 56.4 Å². The topological polar surface area (TPSA) is 67.2 Å². The van der Waals surface area contributed by atoms with Crippen LogP contribution in [-0.4, -0.2) is 68.3 Å². The maximum atomic E-state index is 13.3. The Balaban J connectivity index is 1.65. The van der Waals surface area contributed by atoms with E-state index in [4.69, 9.17) is 0 Å². The first-order valence-corrected chi connectivity index (χ1v) is 11.1. The number of carbonyl (C=O) groups excluding carboxylic acids is 1. The van der Waals surface area contributed by atoms with Gasteiger partial charge in [-0.3, -0.25) is 4.79 Å². The molecule has 1 aliphatic carbocycles. The number of tetrazole rings is 1. The molecule has 3 rings (SSSR count). The van der Waals surface area contributed by atoms with E-state index in [0.29, 0.717) is 24.0 Å². The van der Waals surface area contributed by atoms with Crippen LogP contribution in [0.2, 0.25) is 0 Å². The highest BCUT2D eigenvalue weighted by Gasteiger charge is 2.26. The van der Waals surface area contributed by atoms with Gasteiger partial charge in [0.1, 0.15) is 5.82 Å². The lowest BCUT2D eigenvalue weighted by atomic mass is 9.94. The molecule has 1 aromatic carbocycles. The van der Waals surface area contributed by atoms with Gasteiger partial charge >= 0.3 is 0 Å². The summed E-state index contributed by atoms with van der Waals surface area (Å²) in [5, 5.41) is 12.5. The third-order valence-corrected chi connectivity index (χ3v) is 6.13. The van der Waals surface area contributed by atoms with Gasteiger partial charge in [0, 0.05) is 19.1 Å². The van der Waals surface area contributed by atoms with Crippen molar-refractivity contribution in [3.8, 4) is 0 Å². The van der Waals surface area contributed by atoms with Gasteiger partial charge < -0.3 is 9.80 Å². The first-order valence-electron chi connectivity index (χ1n) is 10.1. The largest absolute Gasteiger partial charge is 0.335 e. The fourth-order valence-electron chi connectivity index (χ4n) is 3.54. The number of thioether (sulfide) groups is 1. The molecule has 0 bridgehead atoms. The summed E-state index contributed by atoms with van der Waals surface area (Å²) >= 11 is 1.38. The summed E-state index contributed by atoms with van der Waals surface area (Å²) in [4.78, 5) is 17.2. The van der Waals surface area contributed by atoms with E-state index in [9.17, 15) is 9.18 Å². The van der Waals surface area contributed by atoms with E-state index in [2.05, 4.69) is 20.4 Å². The molecule has 1 amide bonds. The molecule has 9 heteroatoms. The summed E-state index contributed by atoms with van der Waals surface area (Å²) in [6.07, 6.45) is 5.57. The number of benzene rings is 1. The highest BCUT2D eigenvalue weighted by molar-refractivity contribution is 7.99. The predicted octanol–water partition coefficient (Wildman–Crippen LogP) is 2.83. The predicted molar refractivity (Wildman–Crippen MR) is 111 cm³/mol. The van der Waals surface area contributed by atoms with Gasteiger partial charge in [-0.15, -0.1) is 5.10 Å². The van der Waals surface area contributed by atoms with E-state index in [1.807, 2.05) is 19.0 Å². The van der Waals surface area contributed by atoms with Crippen molar-refractivity contribution in [2.24, 2.45) is 0 Å². The normalized spacial score (nSPS) is 15.0. The van der Waals surface area contributed by atoms with Crippen LogP contribution < -0.4 is 0 Å². The van der Waals surface area contributed by atoms with Crippen LogP contribution in [0, 0.1) is 5.82 Å². The maximum Gasteiger partial charge on any atom is 0.233 e. The van der Waals surface area contributed by atoms with E-state index in [-0.39, 0.29) is 17.8 Å². The second-order valence-corrected chi connectivity index (χ2v) is 8.66. The first kappa shape index (κ1) is 21.7. The fourth-order valence-corrected chi connectivity index (χ4v) is 4.33. The molecule has 1 heterocycles. The standard InChI is InChI=1S/C20H29FN6OS/c1-25(2)12-13-27-20(22-23-24-27)29-15-19(28)26(18-6-4-3-5-7-18)14-16-8-10-17(21)11-9-16/h8-11,18H,3-7,12-15H2,1-2H3. The van der Waals surface area contributed by atoms with E-state index in [1.165, 1.54) is 30.3 Å². The molecule has 1 fully saturated rings. The Bertz CT molecular complexity index is 776. The number of likely N-dealkylation sites (N-methyl/N-ethyl adjacent to an activating group) is 1. The molecule has 0 saturated heterocycles. The van der Waals surface area contributed by atoms with E-state index in [0.717, 1.165) is 37.8 Å². The molecule has 2 aromatic rings. The lowest BCUT2D eigenvalue weighted by Gasteiger charge is -2.34. The Labute approximate surface area is 175 Å². The third-order valence-electron chi connectivity index (χ3n) is 5.18. The van der Waals surface area contributed by atoms with Crippen molar-refractivity contribution in [1.29, 1.82) is 0 Å². The summed E-state index contributed by atoms with van der Waals surface area (Å²) in [5.74, 6) is 0.109. The summed E-state index contributed by atoms with van der Waals surface area (Å²) in [5.41, 5.74) is 0.950. The number of rotatable bonds is 9. The van der Waals surface area contributed by atoms with Gasteiger partial charge in [0.2, 0.25) is 11.1 Å². The van der Waals surface area contributed by atoms with Crippen LogP contribution >= 0.6 is 11.8 Å². The monoisotopic (exact) mass is 420 g/mol. The number of hydrogen-bond donors (Lipinski definition) is 0. The quantitative estimate of drug-likeness (QED) is 0.581. The summed E-state index contributed by atoms with van der Waals surface area (Å²) < 4.78 is 15.0. The molecule has 158 valence electrons. The number of amides is 1. The second kappa shape index (κ2) is 10.7. The van der Waals surface area contributed by atoms with Crippen LogP contribution in [0.1, 0.15) is 37.7 Å². The zero-order valence-electron chi connectivity index (χ0n) is 17.1. The van der Waals surface area contributed by atoms with Crippen LogP contribution in [0.25, 0.3) is 0 Å². The Morgan fingerprint density at radius 1 is 1.21 bits per heavy atom. The average Bonchev–Trinajstić information content (AvgIpc) is 3.18. The lowest BCUT2D eigenvalue weighted by molar-refractivity contribution is -0.132. The Morgan fingerprint density at radius 3 is 2.62 bits per heavy atom. The van der Waals surface area contributed by atoms with Gasteiger partial charge in [-0.2, -0.15) is 0 Å².